The molecule has 2 aromatic rings. The zero-order chi connectivity index (χ0) is 19.6. The predicted molar refractivity (Wildman–Crippen MR) is 107 cm³/mol. The minimum atomic E-state index is -3.55. The third-order valence-corrected chi connectivity index (χ3v) is 7.66. The topological polar surface area (TPSA) is 79.8 Å². The second-order valence-corrected chi connectivity index (χ2v) is 9.49. The van der Waals surface area contributed by atoms with Crippen LogP contribution in [0, 0.1) is 0 Å². The predicted octanol–water partition coefficient (Wildman–Crippen LogP) is 1.78. The van der Waals surface area contributed by atoms with Crippen LogP contribution in [0.3, 0.4) is 0 Å². The number of nitrogens with zero attached hydrogens (tertiary/aromatic N) is 3. The van der Waals surface area contributed by atoms with Gasteiger partial charge in [0.15, 0.2) is 0 Å². The van der Waals surface area contributed by atoms with Crippen LogP contribution in [0.1, 0.15) is 5.56 Å². The summed E-state index contributed by atoms with van der Waals surface area (Å²) < 4.78 is 31.9. The SMILES string of the molecule is O=C(CSc1ccc(S(=O)(=O)N2CCOCC2)cn1)N1CCc2ccccc21. The fourth-order valence-corrected chi connectivity index (χ4v) is 5.42. The van der Waals surface area contributed by atoms with Crippen molar-refractivity contribution >= 4 is 33.4 Å². The molecule has 1 saturated heterocycles. The number of sulfonamides is 1. The lowest BCUT2D eigenvalue weighted by molar-refractivity contribution is -0.116. The standard InChI is InChI=1S/C19H21N3O4S2/c23-19(22-8-7-15-3-1-2-4-17(15)22)14-27-18-6-5-16(13-20-18)28(24,25)21-9-11-26-12-10-21/h1-6,13H,7-12,14H2. The number of rotatable bonds is 5. The Hall–Kier alpha value is -1.94. The highest BCUT2D eigenvalue weighted by atomic mass is 32.2. The molecule has 1 fully saturated rings. The van der Waals surface area contributed by atoms with Gasteiger partial charge in [0.25, 0.3) is 0 Å². The summed E-state index contributed by atoms with van der Waals surface area (Å²) in [7, 11) is -3.55. The Labute approximate surface area is 168 Å². The Kier molecular flexibility index (Phi) is 5.68. The van der Waals surface area contributed by atoms with Crippen molar-refractivity contribution < 1.29 is 17.9 Å². The van der Waals surface area contributed by atoms with E-state index in [9.17, 15) is 13.2 Å². The molecule has 1 amide bonds. The van der Waals surface area contributed by atoms with Gasteiger partial charge in [-0.2, -0.15) is 4.31 Å². The van der Waals surface area contributed by atoms with Crippen molar-refractivity contribution in [1.29, 1.82) is 0 Å². The molecular formula is C19H21N3O4S2. The third kappa shape index (κ3) is 3.93. The van der Waals surface area contributed by atoms with Crippen LogP contribution in [0.5, 0.6) is 0 Å². The summed E-state index contributed by atoms with van der Waals surface area (Å²) in [6.45, 7) is 2.21. The fourth-order valence-electron chi connectivity index (χ4n) is 3.35. The number of benzene rings is 1. The quantitative estimate of drug-likeness (QED) is 0.688. The van der Waals surface area contributed by atoms with Gasteiger partial charge in [-0.15, -0.1) is 0 Å². The van der Waals surface area contributed by atoms with Crippen molar-refractivity contribution in [2.75, 3.05) is 43.5 Å². The molecule has 9 heteroatoms. The Morgan fingerprint density at radius 3 is 2.64 bits per heavy atom. The minimum absolute atomic E-state index is 0.0294. The maximum atomic E-state index is 12.6. The molecule has 7 nitrogen and oxygen atoms in total. The van der Waals surface area contributed by atoms with Crippen molar-refractivity contribution in [3.63, 3.8) is 0 Å². The second kappa shape index (κ2) is 8.20. The number of fused-ring (bicyclic) bond motifs is 1. The van der Waals surface area contributed by atoms with Gasteiger partial charge in [-0.25, -0.2) is 13.4 Å². The number of carbonyl (C=O) groups excluding carboxylic acids is 1. The molecule has 0 radical (unpaired) electrons. The van der Waals surface area contributed by atoms with Crippen LogP contribution in [-0.2, 0) is 26.0 Å². The number of morpholine rings is 1. The second-order valence-electron chi connectivity index (χ2n) is 6.56. The van der Waals surface area contributed by atoms with Gasteiger partial charge in [-0.1, -0.05) is 30.0 Å². The molecule has 0 unspecified atom stereocenters. The minimum Gasteiger partial charge on any atom is -0.379 e. The highest BCUT2D eigenvalue weighted by Gasteiger charge is 2.27. The lowest BCUT2D eigenvalue weighted by atomic mass is 10.2. The first-order chi connectivity index (χ1) is 13.6. The summed E-state index contributed by atoms with van der Waals surface area (Å²) in [5.41, 5.74) is 2.17. The number of amides is 1. The van der Waals surface area contributed by atoms with Crippen LogP contribution in [-0.4, -0.2) is 62.2 Å². The molecule has 3 heterocycles. The Balaban J connectivity index is 1.38. The maximum absolute atomic E-state index is 12.6. The van der Waals surface area contributed by atoms with Gasteiger partial charge in [0.1, 0.15) is 4.90 Å². The van der Waals surface area contributed by atoms with E-state index in [-0.39, 0.29) is 16.6 Å². The van der Waals surface area contributed by atoms with Crippen LogP contribution in [0.25, 0.3) is 0 Å². The van der Waals surface area contributed by atoms with Crippen LogP contribution in [0.2, 0.25) is 0 Å². The Morgan fingerprint density at radius 1 is 1.11 bits per heavy atom. The Morgan fingerprint density at radius 2 is 1.89 bits per heavy atom. The van der Waals surface area contributed by atoms with Crippen LogP contribution >= 0.6 is 11.8 Å². The lowest BCUT2D eigenvalue weighted by Crippen LogP contribution is -2.40. The van der Waals surface area contributed by atoms with E-state index >= 15 is 0 Å². The van der Waals surface area contributed by atoms with Crippen molar-refractivity contribution in [2.45, 2.75) is 16.3 Å². The molecule has 0 saturated carbocycles. The molecule has 0 spiro atoms. The molecule has 0 atom stereocenters. The summed E-state index contributed by atoms with van der Waals surface area (Å²) in [4.78, 5) is 18.8. The van der Waals surface area contributed by atoms with E-state index < -0.39 is 10.0 Å². The van der Waals surface area contributed by atoms with E-state index in [0.29, 0.717) is 37.9 Å². The molecule has 0 N–H and O–H groups in total. The zero-order valence-corrected chi connectivity index (χ0v) is 16.9. The number of anilines is 1. The zero-order valence-electron chi connectivity index (χ0n) is 15.3. The summed E-state index contributed by atoms with van der Waals surface area (Å²) >= 11 is 1.31. The van der Waals surface area contributed by atoms with Crippen LogP contribution in [0.4, 0.5) is 5.69 Å². The van der Waals surface area contributed by atoms with Gasteiger partial charge in [0.05, 0.1) is 24.0 Å². The first kappa shape index (κ1) is 19.4. The molecule has 2 aliphatic heterocycles. The number of hydrogen-bond donors (Lipinski definition) is 0. The number of carbonyl (C=O) groups is 1. The number of ether oxygens (including phenoxy) is 1. The van der Waals surface area contributed by atoms with Crippen LogP contribution in [0.15, 0.2) is 52.5 Å². The van der Waals surface area contributed by atoms with Gasteiger partial charge in [-0.05, 0) is 30.2 Å². The van der Waals surface area contributed by atoms with Crippen molar-refractivity contribution in [3.05, 3.63) is 48.2 Å². The van der Waals surface area contributed by atoms with Gasteiger partial charge >= 0.3 is 0 Å². The average Bonchev–Trinajstić information content (AvgIpc) is 3.17. The van der Waals surface area contributed by atoms with Gasteiger partial charge in [0.2, 0.25) is 15.9 Å². The first-order valence-electron chi connectivity index (χ1n) is 9.11. The smallest absolute Gasteiger partial charge is 0.244 e. The van der Waals surface area contributed by atoms with E-state index in [4.69, 9.17) is 4.74 Å². The maximum Gasteiger partial charge on any atom is 0.244 e. The molecule has 2 aliphatic rings. The van der Waals surface area contributed by atoms with E-state index in [1.807, 2.05) is 24.3 Å². The number of aromatic nitrogens is 1. The van der Waals surface area contributed by atoms with E-state index in [1.54, 1.807) is 17.0 Å². The molecule has 28 heavy (non-hydrogen) atoms. The fraction of sp³-hybridized carbons (Fsp3) is 0.368. The molecule has 0 aliphatic carbocycles. The number of thioether (sulfide) groups is 1. The molecule has 4 rings (SSSR count). The summed E-state index contributed by atoms with van der Waals surface area (Å²) in [5, 5.41) is 0.627. The van der Waals surface area contributed by atoms with Gasteiger partial charge in [-0.3, -0.25) is 4.79 Å². The monoisotopic (exact) mass is 419 g/mol. The van der Waals surface area contributed by atoms with Crippen molar-refractivity contribution in [1.82, 2.24) is 9.29 Å². The average molecular weight is 420 g/mol. The van der Waals surface area contributed by atoms with E-state index in [0.717, 1.165) is 12.1 Å². The van der Waals surface area contributed by atoms with Gasteiger partial charge < -0.3 is 9.64 Å². The first-order valence-corrected chi connectivity index (χ1v) is 11.5. The molecule has 0 bridgehead atoms. The summed E-state index contributed by atoms with van der Waals surface area (Å²) in [6.07, 6.45) is 2.24. The molecular weight excluding hydrogens is 398 g/mol. The van der Waals surface area contributed by atoms with Crippen LogP contribution < -0.4 is 4.90 Å². The number of para-hydroxylation sites is 1. The number of hydrogen-bond acceptors (Lipinski definition) is 6. The third-order valence-electron chi connectivity index (χ3n) is 4.85. The Bertz CT molecular complexity index is 957. The normalized spacial score (nSPS) is 17.5. The molecule has 1 aromatic heterocycles. The van der Waals surface area contributed by atoms with E-state index in [1.165, 1.54) is 27.8 Å². The van der Waals surface area contributed by atoms with Crippen molar-refractivity contribution in [2.24, 2.45) is 0 Å². The largest absolute Gasteiger partial charge is 0.379 e. The molecule has 148 valence electrons. The number of pyridine rings is 1. The highest BCUT2D eigenvalue weighted by molar-refractivity contribution is 7.99. The van der Waals surface area contributed by atoms with Crippen molar-refractivity contribution in [3.8, 4) is 0 Å². The lowest BCUT2D eigenvalue weighted by Gasteiger charge is -2.25. The summed E-state index contributed by atoms with van der Waals surface area (Å²) in [6, 6.07) is 11.1. The van der Waals surface area contributed by atoms with E-state index in [2.05, 4.69) is 4.98 Å². The molecule has 1 aromatic carbocycles. The summed E-state index contributed by atoms with van der Waals surface area (Å²) in [5.74, 6) is 0.290. The van der Waals surface area contributed by atoms with Gasteiger partial charge in [0, 0.05) is 31.5 Å². The highest BCUT2D eigenvalue weighted by Crippen LogP contribution is 2.29.